The van der Waals surface area contributed by atoms with Crippen molar-refractivity contribution in [3.63, 3.8) is 0 Å². The fourth-order valence-electron chi connectivity index (χ4n) is 3.31. The third kappa shape index (κ3) is 3.87. The Morgan fingerprint density at radius 1 is 1.24 bits per heavy atom. The van der Waals surface area contributed by atoms with E-state index in [0.717, 1.165) is 37.1 Å². The molecule has 2 heterocycles. The summed E-state index contributed by atoms with van der Waals surface area (Å²) in [5.41, 5.74) is 1.88. The molecule has 0 N–H and O–H groups in total. The Hall–Kier alpha value is -2.70. The van der Waals surface area contributed by atoms with Crippen LogP contribution in [0.3, 0.4) is 0 Å². The van der Waals surface area contributed by atoms with Gasteiger partial charge in [-0.3, -0.25) is 10.1 Å². The Bertz CT molecular complexity index is 774. The highest BCUT2D eigenvalue weighted by Gasteiger charge is 2.30. The van der Waals surface area contributed by atoms with Crippen molar-refractivity contribution in [2.24, 2.45) is 5.92 Å². The van der Waals surface area contributed by atoms with Gasteiger partial charge in [0.1, 0.15) is 12.1 Å². The smallest absolute Gasteiger partial charge is 0.373 e. The monoisotopic (exact) mass is 342 g/mol. The summed E-state index contributed by atoms with van der Waals surface area (Å²) < 4.78 is 5.77. The molecule has 1 atom stereocenters. The zero-order valence-corrected chi connectivity index (χ0v) is 14.7. The molecule has 3 rings (SSSR count). The predicted molar refractivity (Wildman–Crippen MR) is 95.3 cm³/mol. The molecular weight excluding hydrogens is 320 g/mol. The summed E-state index contributed by atoms with van der Waals surface area (Å²) >= 11 is 0. The Morgan fingerprint density at radius 2 is 1.96 bits per heavy atom. The number of nitrogens with zero attached hydrogens (tertiary/aromatic N) is 4. The van der Waals surface area contributed by atoms with E-state index in [0.29, 0.717) is 17.5 Å². The normalized spacial score (nSPS) is 17.4. The summed E-state index contributed by atoms with van der Waals surface area (Å²) in [4.78, 5) is 21.4. The highest BCUT2D eigenvalue weighted by molar-refractivity contribution is 5.63. The van der Waals surface area contributed by atoms with Crippen LogP contribution in [-0.4, -0.2) is 28.0 Å². The first-order valence-corrected chi connectivity index (χ1v) is 8.44. The third-order valence-corrected chi connectivity index (χ3v) is 4.32. The zero-order chi connectivity index (χ0) is 18.0. The molecule has 0 radical (unpaired) electrons. The van der Waals surface area contributed by atoms with Crippen molar-refractivity contribution in [3.05, 3.63) is 45.8 Å². The standard InChI is InChI=1S/C18H22N4O3/c1-12-5-4-6-21(10-12)17-16(22(23)24)18(20-11-19-17)25-15-8-13(2)7-14(3)9-15/h7-9,11-12H,4-6,10H2,1-3H3. The van der Waals surface area contributed by atoms with E-state index in [2.05, 4.69) is 16.9 Å². The van der Waals surface area contributed by atoms with Crippen LogP contribution in [-0.2, 0) is 0 Å². The molecule has 1 aliphatic rings. The third-order valence-electron chi connectivity index (χ3n) is 4.32. The van der Waals surface area contributed by atoms with Crippen molar-refractivity contribution in [1.29, 1.82) is 0 Å². The minimum Gasteiger partial charge on any atom is -0.434 e. The van der Waals surface area contributed by atoms with Gasteiger partial charge in [0.15, 0.2) is 0 Å². The van der Waals surface area contributed by atoms with Crippen molar-refractivity contribution in [2.45, 2.75) is 33.6 Å². The molecule has 25 heavy (non-hydrogen) atoms. The van der Waals surface area contributed by atoms with Gasteiger partial charge in [0.05, 0.1) is 4.92 Å². The van der Waals surface area contributed by atoms with E-state index in [4.69, 9.17) is 4.74 Å². The first kappa shape index (κ1) is 17.1. The van der Waals surface area contributed by atoms with Gasteiger partial charge in [0.25, 0.3) is 0 Å². The number of anilines is 1. The average molecular weight is 342 g/mol. The van der Waals surface area contributed by atoms with Crippen LogP contribution in [0, 0.1) is 29.9 Å². The fourth-order valence-corrected chi connectivity index (χ4v) is 3.31. The van der Waals surface area contributed by atoms with E-state index in [1.165, 1.54) is 6.33 Å². The maximum absolute atomic E-state index is 11.7. The van der Waals surface area contributed by atoms with Crippen LogP contribution in [0.1, 0.15) is 30.9 Å². The van der Waals surface area contributed by atoms with Gasteiger partial charge in [0, 0.05) is 13.1 Å². The molecule has 0 aliphatic carbocycles. The molecule has 7 nitrogen and oxygen atoms in total. The van der Waals surface area contributed by atoms with E-state index in [1.54, 1.807) is 0 Å². The zero-order valence-electron chi connectivity index (χ0n) is 14.7. The Balaban J connectivity index is 1.99. The molecule has 1 unspecified atom stereocenters. The first-order valence-electron chi connectivity index (χ1n) is 8.44. The summed E-state index contributed by atoms with van der Waals surface area (Å²) in [6.07, 6.45) is 3.45. The SMILES string of the molecule is Cc1cc(C)cc(Oc2ncnc(N3CCCC(C)C3)c2[N+](=O)[O-])c1. The lowest BCUT2D eigenvalue weighted by molar-refractivity contribution is -0.385. The largest absolute Gasteiger partial charge is 0.434 e. The lowest BCUT2D eigenvalue weighted by Crippen LogP contribution is -2.35. The highest BCUT2D eigenvalue weighted by Crippen LogP contribution is 2.37. The number of ether oxygens (including phenoxy) is 1. The summed E-state index contributed by atoms with van der Waals surface area (Å²) in [6.45, 7) is 7.56. The first-order chi connectivity index (χ1) is 11.9. The topological polar surface area (TPSA) is 81.4 Å². The van der Waals surface area contributed by atoms with Gasteiger partial charge in [-0.15, -0.1) is 0 Å². The van der Waals surface area contributed by atoms with Gasteiger partial charge in [-0.25, -0.2) is 4.98 Å². The van der Waals surface area contributed by atoms with Gasteiger partial charge >= 0.3 is 11.6 Å². The quantitative estimate of drug-likeness (QED) is 0.616. The molecule has 0 spiro atoms. The second-order valence-corrected chi connectivity index (χ2v) is 6.73. The van der Waals surface area contributed by atoms with Gasteiger partial charge < -0.3 is 9.64 Å². The number of aromatic nitrogens is 2. The second-order valence-electron chi connectivity index (χ2n) is 6.73. The van der Waals surface area contributed by atoms with Crippen molar-refractivity contribution in [3.8, 4) is 11.6 Å². The number of benzene rings is 1. The molecule has 0 saturated carbocycles. The maximum Gasteiger partial charge on any atom is 0.373 e. The van der Waals surface area contributed by atoms with Gasteiger partial charge in [-0.1, -0.05) is 13.0 Å². The predicted octanol–water partition coefficient (Wildman–Crippen LogP) is 4.03. The minimum absolute atomic E-state index is 0.0155. The summed E-state index contributed by atoms with van der Waals surface area (Å²) in [7, 11) is 0. The molecular formula is C18H22N4O3. The van der Waals surface area contributed by atoms with Crippen molar-refractivity contribution in [2.75, 3.05) is 18.0 Å². The van der Waals surface area contributed by atoms with E-state index in [9.17, 15) is 10.1 Å². The van der Waals surface area contributed by atoms with Crippen molar-refractivity contribution in [1.82, 2.24) is 9.97 Å². The molecule has 1 saturated heterocycles. The van der Waals surface area contributed by atoms with Crippen LogP contribution >= 0.6 is 0 Å². The second kappa shape index (κ2) is 7.04. The molecule has 0 bridgehead atoms. The van der Waals surface area contributed by atoms with Gasteiger partial charge in [-0.2, -0.15) is 4.98 Å². The van der Waals surface area contributed by atoms with Crippen molar-refractivity contribution < 1.29 is 9.66 Å². The van der Waals surface area contributed by atoms with Crippen LogP contribution in [0.2, 0.25) is 0 Å². The number of rotatable bonds is 4. The van der Waals surface area contributed by atoms with Crippen LogP contribution in [0.4, 0.5) is 11.5 Å². The van der Waals surface area contributed by atoms with Crippen LogP contribution < -0.4 is 9.64 Å². The molecule has 1 aliphatic heterocycles. The lowest BCUT2D eigenvalue weighted by atomic mass is 10.0. The van der Waals surface area contributed by atoms with E-state index < -0.39 is 4.92 Å². The molecule has 1 aromatic carbocycles. The average Bonchev–Trinajstić information content (AvgIpc) is 2.53. The Labute approximate surface area is 146 Å². The van der Waals surface area contributed by atoms with E-state index in [1.807, 2.05) is 36.9 Å². The molecule has 2 aromatic rings. The molecule has 0 amide bonds. The highest BCUT2D eigenvalue weighted by atomic mass is 16.6. The van der Waals surface area contributed by atoms with Crippen LogP contribution in [0.15, 0.2) is 24.5 Å². The summed E-state index contributed by atoms with van der Waals surface area (Å²) in [5, 5.41) is 11.7. The molecule has 1 aromatic heterocycles. The summed E-state index contributed by atoms with van der Waals surface area (Å²) in [5.74, 6) is 1.34. The maximum atomic E-state index is 11.7. The number of hydrogen-bond donors (Lipinski definition) is 0. The lowest BCUT2D eigenvalue weighted by Gasteiger charge is -2.31. The van der Waals surface area contributed by atoms with Gasteiger partial charge in [0.2, 0.25) is 5.82 Å². The number of hydrogen-bond acceptors (Lipinski definition) is 6. The Morgan fingerprint density at radius 3 is 2.60 bits per heavy atom. The molecule has 7 heteroatoms. The molecule has 132 valence electrons. The number of nitro groups is 1. The minimum atomic E-state index is -0.452. The Kier molecular flexibility index (Phi) is 4.83. The number of aryl methyl sites for hydroxylation is 2. The van der Waals surface area contributed by atoms with Crippen LogP contribution in [0.25, 0.3) is 0 Å². The van der Waals surface area contributed by atoms with E-state index >= 15 is 0 Å². The number of piperidine rings is 1. The van der Waals surface area contributed by atoms with E-state index in [-0.39, 0.29) is 11.6 Å². The fraction of sp³-hybridized carbons (Fsp3) is 0.444. The van der Waals surface area contributed by atoms with Gasteiger partial charge in [-0.05, 0) is 55.9 Å². The van der Waals surface area contributed by atoms with Crippen molar-refractivity contribution >= 4 is 11.5 Å². The molecule has 1 fully saturated rings. The summed E-state index contributed by atoms with van der Waals surface area (Å²) in [6, 6.07) is 5.69. The van der Waals surface area contributed by atoms with Crippen LogP contribution in [0.5, 0.6) is 11.6 Å².